The molecule has 0 aliphatic rings. The monoisotopic (exact) mass is 354 g/mol. The number of carbonyl (C=O) groups excluding carboxylic acids is 1. The summed E-state index contributed by atoms with van der Waals surface area (Å²) in [4.78, 5) is 14.3. The number of thiophene rings is 1. The molecule has 0 N–H and O–H groups in total. The third kappa shape index (κ3) is 4.17. The second-order valence-corrected chi connectivity index (χ2v) is 7.48. The van der Waals surface area contributed by atoms with E-state index >= 15 is 0 Å². The topological polar surface area (TPSA) is 44.1 Å². The second kappa shape index (κ2) is 7.23. The molecule has 0 saturated carbocycles. The summed E-state index contributed by atoms with van der Waals surface area (Å²) in [5, 5.41) is 4.45. The van der Waals surface area contributed by atoms with Gasteiger partial charge in [-0.1, -0.05) is 29.8 Å². The van der Waals surface area contributed by atoms with Gasteiger partial charge < -0.3 is 4.74 Å². The largest absolute Gasteiger partial charge is 0.462 e. The number of benzene rings is 1. The number of hydrogen-bond donors (Lipinski definition) is 0. The fourth-order valence-corrected chi connectivity index (χ4v) is 3.74. The number of esters is 1. The first-order chi connectivity index (χ1) is 11.9. The summed E-state index contributed by atoms with van der Waals surface area (Å²) in [5.74, 6) is -0.269. The van der Waals surface area contributed by atoms with E-state index in [4.69, 9.17) is 4.74 Å². The molecular weight excluding hydrogens is 332 g/mol. The first-order valence-corrected chi connectivity index (χ1v) is 9.15. The summed E-state index contributed by atoms with van der Waals surface area (Å²) < 4.78 is 6.97. The van der Waals surface area contributed by atoms with E-state index in [0.29, 0.717) is 0 Å². The van der Waals surface area contributed by atoms with E-state index in [0.717, 1.165) is 16.3 Å². The standard InChI is InChI=1S/C20H22N2O2S/c1-13(2)24-20(23)12-22-17(11-15(4)21-22)19-9-8-18(25-19)16-7-5-6-14(3)10-16/h5-11,13H,12H2,1-4H3. The predicted octanol–water partition coefficient (Wildman–Crippen LogP) is 4.85. The van der Waals surface area contributed by atoms with Gasteiger partial charge in [0.25, 0.3) is 0 Å². The van der Waals surface area contributed by atoms with Crippen molar-refractivity contribution in [2.45, 2.75) is 40.3 Å². The summed E-state index contributed by atoms with van der Waals surface area (Å²) in [6.45, 7) is 7.85. The van der Waals surface area contributed by atoms with E-state index in [-0.39, 0.29) is 18.6 Å². The van der Waals surface area contributed by atoms with Crippen molar-refractivity contribution in [3.8, 4) is 21.0 Å². The van der Waals surface area contributed by atoms with E-state index < -0.39 is 0 Å². The normalized spacial score (nSPS) is 11.1. The maximum absolute atomic E-state index is 12.0. The van der Waals surface area contributed by atoms with Crippen molar-refractivity contribution in [2.24, 2.45) is 0 Å². The highest BCUT2D eigenvalue weighted by atomic mass is 32.1. The maximum Gasteiger partial charge on any atom is 0.328 e. The Morgan fingerprint density at radius 3 is 2.64 bits per heavy atom. The zero-order chi connectivity index (χ0) is 18.0. The Kier molecular flexibility index (Phi) is 5.04. The molecule has 0 unspecified atom stereocenters. The predicted molar refractivity (Wildman–Crippen MR) is 102 cm³/mol. The number of aromatic nitrogens is 2. The molecule has 0 fully saturated rings. The molecule has 2 aromatic heterocycles. The maximum atomic E-state index is 12.0. The van der Waals surface area contributed by atoms with Crippen LogP contribution in [-0.2, 0) is 16.1 Å². The Labute approximate surface area is 152 Å². The molecule has 5 heteroatoms. The fraction of sp³-hybridized carbons (Fsp3) is 0.300. The van der Waals surface area contributed by atoms with Crippen molar-refractivity contribution in [3.63, 3.8) is 0 Å². The highest BCUT2D eigenvalue weighted by Gasteiger charge is 2.15. The van der Waals surface area contributed by atoms with Crippen molar-refractivity contribution in [1.29, 1.82) is 0 Å². The third-order valence-electron chi connectivity index (χ3n) is 3.71. The number of carbonyl (C=O) groups is 1. The van der Waals surface area contributed by atoms with E-state index in [1.54, 1.807) is 16.0 Å². The zero-order valence-electron chi connectivity index (χ0n) is 14.9. The molecule has 25 heavy (non-hydrogen) atoms. The summed E-state index contributed by atoms with van der Waals surface area (Å²) in [7, 11) is 0. The fourth-order valence-electron chi connectivity index (χ4n) is 2.72. The Bertz CT molecular complexity index is 893. The number of aryl methyl sites for hydroxylation is 2. The summed E-state index contributed by atoms with van der Waals surface area (Å²) in [5.41, 5.74) is 4.28. The van der Waals surface area contributed by atoms with Crippen LogP contribution in [0.15, 0.2) is 42.5 Å². The number of rotatable bonds is 5. The Hall–Kier alpha value is -2.40. The molecule has 3 aromatic rings. The van der Waals surface area contributed by atoms with Crippen LogP contribution in [0.1, 0.15) is 25.1 Å². The van der Waals surface area contributed by atoms with E-state index in [1.807, 2.05) is 26.8 Å². The first kappa shape index (κ1) is 17.4. The SMILES string of the molecule is Cc1cccc(-c2ccc(-c3cc(C)nn3CC(=O)OC(C)C)s2)c1. The lowest BCUT2D eigenvalue weighted by Gasteiger charge is -2.09. The summed E-state index contributed by atoms with van der Waals surface area (Å²) in [6.07, 6.45) is -0.123. The molecule has 4 nitrogen and oxygen atoms in total. The van der Waals surface area contributed by atoms with Gasteiger partial charge in [0.15, 0.2) is 0 Å². The molecular formula is C20H22N2O2S. The summed E-state index contributed by atoms with van der Waals surface area (Å²) in [6, 6.07) is 14.7. The molecule has 0 saturated heterocycles. The van der Waals surface area contributed by atoms with Crippen LogP contribution >= 0.6 is 11.3 Å². The van der Waals surface area contributed by atoms with Crippen LogP contribution in [0.5, 0.6) is 0 Å². The van der Waals surface area contributed by atoms with Crippen LogP contribution in [0.4, 0.5) is 0 Å². The van der Waals surface area contributed by atoms with Gasteiger partial charge in [-0.3, -0.25) is 9.48 Å². The number of nitrogens with zero attached hydrogens (tertiary/aromatic N) is 2. The minimum absolute atomic E-state index is 0.123. The molecule has 1 aromatic carbocycles. The Balaban J connectivity index is 1.89. The van der Waals surface area contributed by atoms with Crippen molar-refractivity contribution in [2.75, 3.05) is 0 Å². The van der Waals surface area contributed by atoms with Gasteiger partial charge in [-0.05, 0) is 51.5 Å². The zero-order valence-corrected chi connectivity index (χ0v) is 15.8. The molecule has 0 amide bonds. The molecule has 0 atom stereocenters. The van der Waals surface area contributed by atoms with Crippen molar-refractivity contribution < 1.29 is 9.53 Å². The van der Waals surface area contributed by atoms with Crippen LogP contribution in [0.3, 0.4) is 0 Å². The second-order valence-electron chi connectivity index (χ2n) is 6.40. The molecule has 0 radical (unpaired) electrons. The highest BCUT2D eigenvalue weighted by molar-refractivity contribution is 7.18. The average molecular weight is 354 g/mol. The lowest BCUT2D eigenvalue weighted by molar-refractivity contribution is -0.148. The lowest BCUT2D eigenvalue weighted by atomic mass is 10.1. The van der Waals surface area contributed by atoms with Gasteiger partial charge in [-0.15, -0.1) is 11.3 Å². The highest BCUT2D eigenvalue weighted by Crippen LogP contribution is 2.35. The van der Waals surface area contributed by atoms with E-state index in [9.17, 15) is 4.79 Å². The molecule has 0 aliphatic carbocycles. The van der Waals surface area contributed by atoms with Crippen LogP contribution in [0.25, 0.3) is 21.0 Å². The summed E-state index contributed by atoms with van der Waals surface area (Å²) >= 11 is 1.70. The van der Waals surface area contributed by atoms with Crippen LogP contribution in [0, 0.1) is 13.8 Å². The molecule has 3 rings (SSSR count). The van der Waals surface area contributed by atoms with Crippen LogP contribution in [0.2, 0.25) is 0 Å². The molecule has 2 heterocycles. The Morgan fingerprint density at radius 1 is 1.16 bits per heavy atom. The average Bonchev–Trinajstić information content (AvgIpc) is 3.13. The van der Waals surface area contributed by atoms with Gasteiger partial charge >= 0.3 is 5.97 Å². The quantitative estimate of drug-likeness (QED) is 0.615. The minimum atomic E-state index is -0.269. The molecule has 0 bridgehead atoms. The van der Waals surface area contributed by atoms with Gasteiger partial charge in [0, 0.05) is 4.88 Å². The molecule has 0 aliphatic heterocycles. The number of hydrogen-bond acceptors (Lipinski definition) is 4. The van der Waals surface area contributed by atoms with Gasteiger partial charge in [0.05, 0.1) is 22.4 Å². The minimum Gasteiger partial charge on any atom is -0.462 e. The van der Waals surface area contributed by atoms with Gasteiger partial charge in [-0.25, -0.2) is 0 Å². The Morgan fingerprint density at radius 2 is 1.92 bits per heavy atom. The van der Waals surface area contributed by atoms with Crippen molar-refractivity contribution in [3.05, 3.63) is 53.7 Å². The first-order valence-electron chi connectivity index (χ1n) is 8.33. The van der Waals surface area contributed by atoms with E-state index in [1.165, 1.54) is 16.0 Å². The van der Waals surface area contributed by atoms with Gasteiger partial charge in [-0.2, -0.15) is 5.10 Å². The van der Waals surface area contributed by atoms with Crippen LogP contribution < -0.4 is 0 Å². The molecule has 0 spiro atoms. The van der Waals surface area contributed by atoms with E-state index in [2.05, 4.69) is 48.4 Å². The van der Waals surface area contributed by atoms with Crippen molar-refractivity contribution in [1.82, 2.24) is 9.78 Å². The van der Waals surface area contributed by atoms with Gasteiger partial charge in [0.2, 0.25) is 0 Å². The smallest absolute Gasteiger partial charge is 0.328 e. The van der Waals surface area contributed by atoms with Gasteiger partial charge in [0.1, 0.15) is 6.54 Å². The molecule has 130 valence electrons. The third-order valence-corrected chi connectivity index (χ3v) is 4.87. The van der Waals surface area contributed by atoms with Crippen molar-refractivity contribution >= 4 is 17.3 Å². The lowest BCUT2D eigenvalue weighted by Crippen LogP contribution is -2.18. The number of ether oxygens (including phenoxy) is 1. The van der Waals surface area contributed by atoms with Crippen LogP contribution in [-0.4, -0.2) is 21.9 Å².